The highest BCUT2D eigenvalue weighted by Gasteiger charge is 2.35. The summed E-state index contributed by atoms with van der Waals surface area (Å²) >= 11 is 0. The molecule has 0 heterocycles. The van der Waals surface area contributed by atoms with Crippen LogP contribution in [0, 0.1) is 0 Å². The Morgan fingerprint density at radius 3 is 2.58 bits per heavy atom. The quantitative estimate of drug-likeness (QED) is 0.717. The lowest BCUT2D eigenvalue weighted by Crippen LogP contribution is -2.27. The minimum Gasteiger partial charge on any atom is -0.506 e. The topological polar surface area (TPSA) is 84.6 Å². The molecule has 0 radical (unpaired) electrons. The fourth-order valence-corrected chi connectivity index (χ4v) is 1.90. The number of rotatable bonds is 2. The molecule has 0 aliphatic heterocycles. The van der Waals surface area contributed by atoms with Crippen LogP contribution < -0.4 is 11.1 Å². The summed E-state index contributed by atoms with van der Waals surface area (Å²) in [5, 5.41) is 12.4. The number of ether oxygens (including phenoxy) is 1. The summed E-state index contributed by atoms with van der Waals surface area (Å²) in [4.78, 5) is 11.6. The molecule has 1 aromatic carbocycles. The summed E-state index contributed by atoms with van der Waals surface area (Å²) < 4.78 is 5.12. The summed E-state index contributed by atoms with van der Waals surface area (Å²) in [6.45, 7) is 5.35. The average molecular weight is 264 g/mol. The van der Waals surface area contributed by atoms with Gasteiger partial charge in [0.25, 0.3) is 0 Å². The molecule has 1 saturated carbocycles. The van der Waals surface area contributed by atoms with Crippen LogP contribution in [-0.2, 0) is 4.74 Å². The number of aromatic hydroxyl groups is 1. The minimum absolute atomic E-state index is 0.0301. The van der Waals surface area contributed by atoms with Gasteiger partial charge in [0.05, 0.1) is 5.69 Å². The molecule has 4 N–H and O–H groups in total. The van der Waals surface area contributed by atoms with Crippen LogP contribution in [0.15, 0.2) is 18.2 Å². The molecule has 104 valence electrons. The minimum atomic E-state index is -0.585. The number of carbonyl (C=O) groups is 1. The van der Waals surface area contributed by atoms with Gasteiger partial charge in [-0.25, -0.2) is 4.79 Å². The second kappa shape index (κ2) is 4.74. The first kappa shape index (κ1) is 13.7. The zero-order valence-electron chi connectivity index (χ0n) is 11.4. The first-order valence-corrected chi connectivity index (χ1v) is 6.35. The number of benzene rings is 1. The number of nitrogens with one attached hydrogen (secondary N) is 1. The number of anilines is 1. The molecule has 1 aliphatic rings. The predicted molar refractivity (Wildman–Crippen MR) is 73.3 cm³/mol. The largest absolute Gasteiger partial charge is 0.506 e. The maximum atomic E-state index is 11.6. The van der Waals surface area contributed by atoms with E-state index in [0.29, 0.717) is 11.6 Å². The molecule has 1 amide bonds. The van der Waals surface area contributed by atoms with Gasteiger partial charge in [0.2, 0.25) is 0 Å². The van der Waals surface area contributed by atoms with Crippen molar-refractivity contribution in [3.05, 3.63) is 23.8 Å². The van der Waals surface area contributed by atoms with E-state index in [1.54, 1.807) is 32.9 Å². The zero-order valence-corrected chi connectivity index (χ0v) is 11.4. The van der Waals surface area contributed by atoms with Gasteiger partial charge in [0.15, 0.2) is 0 Å². The molecular formula is C14H20N2O3. The second-order valence-corrected chi connectivity index (χ2v) is 5.91. The second-order valence-electron chi connectivity index (χ2n) is 5.91. The summed E-state index contributed by atoms with van der Waals surface area (Å²) in [6.07, 6.45) is 0.358. The normalized spacial score (nSPS) is 21.9. The summed E-state index contributed by atoms with van der Waals surface area (Å²) in [5.74, 6) is 0.351. The van der Waals surface area contributed by atoms with Crippen molar-refractivity contribution in [2.45, 2.75) is 44.8 Å². The molecule has 5 heteroatoms. The molecule has 2 rings (SSSR count). The van der Waals surface area contributed by atoms with Gasteiger partial charge < -0.3 is 15.6 Å². The van der Waals surface area contributed by atoms with Crippen LogP contribution in [0.4, 0.5) is 10.5 Å². The maximum absolute atomic E-state index is 11.6. The van der Waals surface area contributed by atoms with E-state index in [4.69, 9.17) is 10.5 Å². The van der Waals surface area contributed by atoms with E-state index in [0.717, 1.165) is 12.0 Å². The van der Waals surface area contributed by atoms with Crippen molar-refractivity contribution in [2.24, 2.45) is 5.73 Å². The molecule has 1 aromatic rings. The van der Waals surface area contributed by atoms with Crippen molar-refractivity contribution in [1.29, 1.82) is 0 Å². The third-order valence-corrected chi connectivity index (χ3v) is 2.93. The number of nitrogens with two attached hydrogens (primary N) is 1. The van der Waals surface area contributed by atoms with Gasteiger partial charge in [-0.1, -0.05) is 6.07 Å². The lowest BCUT2D eigenvalue weighted by molar-refractivity contribution is 0.0635. The van der Waals surface area contributed by atoms with Crippen LogP contribution in [0.25, 0.3) is 0 Å². The monoisotopic (exact) mass is 264 g/mol. The van der Waals surface area contributed by atoms with Crippen LogP contribution in [0.1, 0.15) is 38.7 Å². The molecular weight excluding hydrogens is 244 g/mol. The highest BCUT2D eigenvalue weighted by molar-refractivity contribution is 5.87. The van der Waals surface area contributed by atoms with Gasteiger partial charge in [-0.05, 0) is 44.9 Å². The molecule has 1 fully saturated rings. The zero-order chi connectivity index (χ0) is 14.2. The Balaban J connectivity index is 2.03. The third-order valence-electron chi connectivity index (χ3n) is 2.93. The van der Waals surface area contributed by atoms with Gasteiger partial charge in [-0.15, -0.1) is 0 Å². The molecule has 0 bridgehead atoms. The highest BCUT2D eigenvalue weighted by atomic mass is 16.6. The highest BCUT2D eigenvalue weighted by Crippen LogP contribution is 2.41. The van der Waals surface area contributed by atoms with E-state index in [2.05, 4.69) is 5.32 Å². The Morgan fingerprint density at radius 1 is 1.47 bits per heavy atom. The van der Waals surface area contributed by atoms with Crippen molar-refractivity contribution >= 4 is 11.8 Å². The van der Waals surface area contributed by atoms with E-state index in [1.165, 1.54) is 0 Å². The van der Waals surface area contributed by atoms with Crippen molar-refractivity contribution in [3.8, 4) is 5.75 Å². The Hall–Kier alpha value is -1.75. The van der Waals surface area contributed by atoms with Gasteiger partial charge in [-0.3, -0.25) is 5.32 Å². The lowest BCUT2D eigenvalue weighted by atomic mass is 10.1. The molecule has 19 heavy (non-hydrogen) atoms. The van der Waals surface area contributed by atoms with Gasteiger partial charge in [0, 0.05) is 12.0 Å². The Kier molecular flexibility index (Phi) is 3.41. The lowest BCUT2D eigenvalue weighted by Gasteiger charge is -2.20. The van der Waals surface area contributed by atoms with Gasteiger partial charge in [-0.2, -0.15) is 0 Å². The van der Waals surface area contributed by atoms with E-state index >= 15 is 0 Å². The average Bonchev–Trinajstić information content (AvgIpc) is 2.96. The predicted octanol–water partition coefficient (Wildman–Crippen LogP) is 2.55. The fourth-order valence-electron chi connectivity index (χ4n) is 1.90. The van der Waals surface area contributed by atoms with Crippen LogP contribution in [0.5, 0.6) is 5.75 Å². The van der Waals surface area contributed by atoms with Crippen LogP contribution in [0.2, 0.25) is 0 Å². The first-order valence-electron chi connectivity index (χ1n) is 6.35. The molecule has 0 saturated heterocycles. The Morgan fingerprint density at radius 2 is 2.11 bits per heavy atom. The van der Waals surface area contributed by atoms with E-state index in [-0.39, 0.29) is 11.8 Å². The van der Waals surface area contributed by atoms with Crippen molar-refractivity contribution in [1.82, 2.24) is 0 Å². The number of phenols is 1. The molecule has 2 atom stereocenters. The first-order chi connectivity index (χ1) is 8.76. The summed E-state index contributed by atoms with van der Waals surface area (Å²) in [7, 11) is 0. The molecule has 0 spiro atoms. The number of amides is 1. The summed E-state index contributed by atoms with van der Waals surface area (Å²) in [6, 6.07) is 5.36. The van der Waals surface area contributed by atoms with E-state index in [1.807, 2.05) is 6.07 Å². The van der Waals surface area contributed by atoms with Crippen molar-refractivity contribution < 1.29 is 14.6 Å². The van der Waals surface area contributed by atoms with E-state index < -0.39 is 11.7 Å². The standard InChI is InChI=1S/C14H20N2O3/c1-14(2,3)19-13(18)16-11-5-4-8(6-12(11)17)9-7-10(9)15/h4-6,9-10,17H,7,15H2,1-3H3,(H,16,18)/t9-,10+/m0/s1. The Bertz CT molecular complexity index is 494. The third kappa shape index (κ3) is 3.61. The van der Waals surface area contributed by atoms with Crippen LogP contribution in [-0.4, -0.2) is 22.8 Å². The number of carbonyl (C=O) groups excluding carboxylic acids is 1. The van der Waals surface area contributed by atoms with Crippen molar-refractivity contribution in [3.63, 3.8) is 0 Å². The Labute approximate surface area is 112 Å². The van der Waals surface area contributed by atoms with Crippen LogP contribution in [0.3, 0.4) is 0 Å². The van der Waals surface area contributed by atoms with Gasteiger partial charge in [0.1, 0.15) is 11.4 Å². The SMILES string of the molecule is CC(C)(C)OC(=O)Nc1ccc([C@@H]2C[C@H]2N)cc1O. The van der Waals surface area contributed by atoms with E-state index in [9.17, 15) is 9.90 Å². The van der Waals surface area contributed by atoms with Gasteiger partial charge >= 0.3 is 6.09 Å². The smallest absolute Gasteiger partial charge is 0.412 e. The number of hydrogen-bond acceptors (Lipinski definition) is 4. The maximum Gasteiger partial charge on any atom is 0.412 e. The number of phenolic OH excluding ortho intramolecular Hbond substituents is 1. The fraction of sp³-hybridized carbons (Fsp3) is 0.500. The summed E-state index contributed by atoms with van der Waals surface area (Å²) in [5.41, 5.74) is 6.54. The molecule has 0 aromatic heterocycles. The van der Waals surface area contributed by atoms with Crippen molar-refractivity contribution in [2.75, 3.05) is 5.32 Å². The number of hydrogen-bond donors (Lipinski definition) is 3. The van der Waals surface area contributed by atoms with Crippen LogP contribution >= 0.6 is 0 Å². The molecule has 5 nitrogen and oxygen atoms in total. The molecule has 0 unspecified atom stereocenters. The molecule has 1 aliphatic carbocycles.